The van der Waals surface area contributed by atoms with Crippen molar-refractivity contribution in [3.63, 3.8) is 0 Å². The monoisotopic (exact) mass is 303 g/mol. The molecular formula is C16H18ClN3O. The minimum absolute atomic E-state index is 0.188. The van der Waals surface area contributed by atoms with Crippen LogP contribution in [0.15, 0.2) is 36.5 Å². The fourth-order valence-electron chi connectivity index (χ4n) is 1.89. The second-order valence-electron chi connectivity index (χ2n) is 4.79. The zero-order valence-corrected chi connectivity index (χ0v) is 12.9. The van der Waals surface area contributed by atoms with Crippen LogP contribution >= 0.6 is 11.6 Å². The van der Waals surface area contributed by atoms with Crippen molar-refractivity contribution in [1.82, 2.24) is 4.98 Å². The van der Waals surface area contributed by atoms with E-state index in [1.165, 1.54) is 6.20 Å². The predicted octanol–water partition coefficient (Wildman–Crippen LogP) is 4.12. The molecule has 0 saturated heterocycles. The summed E-state index contributed by atoms with van der Waals surface area (Å²) in [6.07, 6.45) is 2.50. The third kappa shape index (κ3) is 4.20. The van der Waals surface area contributed by atoms with Crippen LogP contribution in [0, 0.1) is 6.92 Å². The van der Waals surface area contributed by atoms with Crippen molar-refractivity contribution >= 4 is 29.0 Å². The van der Waals surface area contributed by atoms with Crippen LogP contribution in [0.1, 0.15) is 29.3 Å². The second-order valence-corrected chi connectivity index (χ2v) is 5.23. The lowest BCUT2D eigenvalue weighted by Crippen LogP contribution is -2.16. The van der Waals surface area contributed by atoms with E-state index < -0.39 is 0 Å². The fourth-order valence-corrected chi connectivity index (χ4v) is 2.00. The summed E-state index contributed by atoms with van der Waals surface area (Å²) in [6, 6.07) is 9.14. The molecule has 0 aliphatic carbocycles. The van der Waals surface area contributed by atoms with Gasteiger partial charge in [-0.25, -0.2) is 4.98 Å². The molecule has 1 amide bonds. The normalized spacial score (nSPS) is 10.2. The molecule has 0 unspecified atom stereocenters. The number of carbonyl (C=O) groups is 1. The summed E-state index contributed by atoms with van der Waals surface area (Å²) in [6.45, 7) is 4.86. The molecule has 0 aliphatic heterocycles. The molecule has 2 N–H and O–H groups in total. The van der Waals surface area contributed by atoms with Gasteiger partial charge in [0, 0.05) is 18.4 Å². The van der Waals surface area contributed by atoms with Crippen LogP contribution in [-0.4, -0.2) is 17.4 Å². The van der Waals surface area contributed by atoms with Gasteiger partial charge in [-0.2, -0.15) is 0 Å². The summed E-state index contributed by atoms with van der Waals surface area (Å²) < 4.78 is 0. The van der Waals surface area contributed by atoms with Crippen LogP contribution in [-0.2, 0) is 0 Å². The Morgan fingerprint density at radius 3 is 2.76 bits per heavy atom. The smallest absolute Gasteiger partial charge is 0.258 e. The van der Waals surface area contributed by atoms with Crippen molar-refractivity contribution < 1.29 is 4.79 Å². The van der Waals surface area contributed by atoms with E-state index in [-0.39, 0.29) is 5.91 Å². The van der Waals surface area contributed by atoms with Crippen LogP contribution < -0.4 is 10.6 Å². The summed E-state index contributed by atoms with van der Waals surface area (Å²) in [5, 5.41) is 6.58. The minimum atomic E-state index is -0.188. The van der Waals surface area contributed by atoms with Crippen LogP contribution in [0.2, 0.25) is 5.02 Å². The largest absolute Gasteiger partial charge is 0.384 e. The maximum atomic E-state index is 12.4. The van der Waals surface area contributed by atoms with Gasteiger partial charge in [0.25, 0.3) is 5.91 Å². The fraction of sp³-hybridized carbons (Fsp3) is 0.250. The van der Waals surface area contributed by atoms with Gasteiger partial charge >= 0.3 is 0 Å². The van der Waals surface area contributed by atoms with E-state index in [2.05, 4.69) is 22.5 Å². The number of anilines is 2. The van der Waals surface area contributed by atoms with Gasteiger partial charge in [0.05, 0.1) is 10.6 Å². The number of pyridine rings is 1. The van der Waals surface area contributed by atoms with Crippen molar-refractivity contribution in [3.8, 4) is 0 Å². The summed E-state index contributed by atoms with van der Waals surface area (Å²) in [7, 11) is 0. The first-order valence-electron chi connectivity index (χ1n) is 6.87. The molecule has 0 radical (unpaired) electrons. The minimum Gasteiger partial charge on any atom is -0.384 e. The zero-order chi connectivity index (χ0) is 15.2. The number of carbonyl (C=O) groups excluding carboxylic acids is 1. The van der Waals surface area contributed by atoms with Crippen molar-refractivity contribution in [1.29, 1.82) is 0 Å². The second kappa shape index (κ2) is 7.09. The number of aryl methyl sites for hydroxylation is 1. The summed E-state index contributed by atoms with van der Waals surface area (Å²) in [5.74, 6) is 0.291. The summed E-state index contributed by atoms with van der Waals surface area (Å²) >= 11 is 5.78. The van der Waals surface area contributed by atoms with Crippen LogP contribution in [0.5, 0.6) is 0 Å². The first kappa shape index (κ1) is 15.3. The van der Waals surface area contributed by atoms with Crippen LogP contribution in [0.4, 0.5) is 11.5 Å². The number of rotatable bonds is 5. The van der Waals surface area contributed by atoms with Crippen molar-refractivity contribution in [3.05, 3.63) is 52.7 Å². The van der Waals surface area contributed by atoms with E-state index in [1.807, 2.05) is 25.1 Å². The van der Waals surface area contributed by atoms with Gasteiger partial charge in [-0.15, -0.1) is 0 Å². The van der Waals surface area contributed by atoms with Gasteiger partial charge in [-0.1, -0.05) is 30.2 Å². The highest BCUT2D eigenvalue weighted by Gasteiger charge is 2.12. The van der Waals surface area contributed by atoms with Gasteiger partial charge < -0.3 is 10.6 Å². The lowest BCUT2D eigenvalue weighted by atomic mass is 10.1. The van der Waals surface area contributed by atoms with Crippen molar-refractivity contribution in [2.24, 2.45) is 0 Å². The molecular weight excluding hydrogens is 286 g/mol. The maximum Gasteiger partial charge on any atom is 0.258 e. The number of benzene rings is 1. The van der Waals surface area contributed by atoms with E-state index in [0.29, 0.717) is 16.4 Å². The van der Waals surface area contributed by atoms with Gasteiger partial charge in [0.15, 0.2) is 0 Å². The standard InChI is InChI=1S/C16H18ClN3O/c1-3-8-18-14-6-4-11(2)9-13(14)16(21)20-15-7-5-12(17)10-19-15/h4-7,9-10,18H,3,8H2,1-2H3,(H,19,20,21). The number of hydrogen-bond acceptors (Lipinski definition) is 3. The van der Waals surface area contributed by atoms with Crippen LogP contribution in [0.3, 0.4) is 0 Å². The number of halogens is 1. The molecule has 0 aliphatic rings. The summed E-state index contributed by atoms with van der Waals surface area (Å²) in [5.41, 5.74) is 2.47. The molecule has 1 heterocycles. The Labute approximate surface area is 129 Å². The average molecular weight is 304 g/mol. The predicted molar refractivity (Wildman–Crippen MR) is 87.2 cm³/mol. The first-order chi connectivity index (χ1) is 10.1. The number of amides is 1. The molecule has 2 aromatic rings. The van der Waals surface area contributed by atoms with E-state index in [4.69, 9.17) is 11.6 Å². The molecule has 0 atom stereocenters. The molecule has 110 valence electrons. The Morgan fingerprint density at radius 1 is 1.29 bits per heavy atom. The third-order valence-electron chi connectivity index (χ3n) is 2.95. The molecule has 0 spiro atoms. The maximum absolute atomic E-state index is 12.4. The zero-order valence-electron chi connectivity index (χ0n) is 12.1. The van der Waals surface area contributed by atoms with E-state index in [1.54, 1.807) is 12.1 Å². The van der Waals surface area contributed by atoms with E-state index in [9.17, 15) is 4.79 Å². The Morgan fingerprint density at radius 2 is 2.10 bits per heavy atom. The van der Waals surface area contributed by atoms with E-state index >= 15 is 0 Å². The van der Waals surface area contributed by atoms with Gasteiger partial charge in [-0.05, 0) is 37.6 Å². The van der Waals surface area contributed by atoms with Crippen molar-refractivity contribution in [2.75, 3.05) is 17.2 Å². The molecule has 0 bridgehead atoms. The number of hydrogen-bond donors (Lipinski definition) is 2. The molecule has 0 saturated carbocycles. The molecule has 1 aromatic carbocycles. The Kier molecular flexibility index (Phi) is 5.17. The van der Waals surface area contributed by atoms with E-state index in [0.717, 1.165) is 24.2 Å². The molecule has 1 aromatic heterocycles. The lowest BCUT2D eigenvalue weighted by molar-refractivity contribution is 0.102. The third-order valence-corrected chi connectivity index (χ3v) is 3.18. The Bertz CT molecular complexity index is 626. The molecule has 21 heavy (non-hydrogen) atoms. The quantitative estimate of drug-likeness (QED) is 0.873. The molecule has 2 rings (SSSR count). The van der Waals surface area contributed by atoms with Gasteiger partial charge in [-0.3, -0.25) is 4.79 Å². The van der Waals surface area contributed by atoms with Gasteiger partial charge in [0.2, 0.25) is 0 Å². The van der Waals surface area contributed by atoms with Gasteiger partial charge in [0.1, 0.15) is 5.82 Å². The highest BCUT2D eigenvalue weighted by Crippen LogP contribution is 2.19. The summed E-state index contributed by atoms with van der Waals surface area (Å²) in [4.78, 5) is 16.5. The number of aromatic nitrogens is 1. The Hall–Kier alpha value is -2.07. The average Bonchev–Trinajstić information content (AvgIpc) is 2.48. The van der Waals surface area contributed by atoms with Crippen molar-refractivity contribution in [2.45, 2.75) is 20.3 Å². The van der Waals surface area contributed by atoms with Crippen LogP contribution in [0.25, 0.3) is 0 Å². The Balaban J connectivity index is 2.20. The topological polar surface area (TPSA) is 54.0 Å². The molecule has 0 fully saturated rings. The number of nitrogens with zero attached hydrogens (tertiary/aromatic N) is 1. The SMILES string of the molecule is CCCNc1ccc(C)cc1C(=O)Nc1ccc(Cl)cn1. The highest BCUT2D eigenvalue weighted by atomic mass is 35.5. The molecule has 5 heteroatoms. The lowest BCUT2D eigenvalue weighted by Gasteiger charge is -2.12. The first-order valence-corrected chi connectivity index (χ1v) is 7.25. The molecule has 4 nitrogen and oxygen atoms in total. The highest BCUT2D eigenvalue weighted by molar-refractivity contribution is 6.30. The number of nitrogens with one attached hydrogen (secondary N) is 2.